The molecule has 1 N–H and O–H groups in total. The van der Waals surface area contributed by atoms with Crippen molar-refractivity contribution in [3.8, 4) is 17.2 Å². The van der Waals surface area contributed by atoms with Gasteiger partial charge in [-0.2, -0.15) is 0 Å². The number of nitrogens with one attached hydrogen (secondary N) is 1. The fourth-order valence-corrected chi connectivity index (χ4v) is 6.29. The lowest BCUT2D eigenvalue weighted by Gasteiger charge is -2.33. The number of hydrogen-bond donors (Lipinski definition) is 1. The predicted octanol–water partition coefficient (Wildman–Crippen LogP) is 5.19. The number of sulfonamides is 1. The molecule has 244 valence electrons. The van der Waals surface area contributed by atoms with Crippen LogP contribution in [-0.2, 0) is 26.2 Å². The van der Waals surface area contributed by atoms with Gasteiger partial charge in [0.1, 0.15) is 18.3 Å². The van der Waals surface area contributed by atoms with Crippen molar-refractivity contribution < 1.29 is 32.2 Å². The molecule has 0 aliphatic rings. The van der Waals surface area contributed by atoms with Crippen molar-refractivity contribution in [2.24, 2.45) is 5.92 Å². The second-order valence-corrected chi connectivity index (χ2v) is 12.9. The lowest BCUT2D eigenvalue weighted by molar-refractivity contribution is -0.140. The smallest absolute Gasteiger partial charge is 0.264 e. The average Bonchev–Trinajstić information content (AvgIpc) is 3.02. The molecule has 45 heavy (non-hydrogen) atoms. The van der Waals surface area contributed by atoms with Gasteiger partial charge in [-0.15, -0.1) is 0 Å². The van der Waals surface area contributed by atoms with Crippen molar-refractivity contribution in [2.75, 3.05) is 38.2 Å². The highest BCUT2D eigenvalue weighted by molar-refractivity contribution is 7.92. The number of hydrogen-bond acceptors (Lipinski definition) is 7. The first-order valence-corrected chi connectivity index (χ1v) is 16.5. The Bertz CT molecular complexity index is 1540. The number of rotatable bonds is 16. The van der Waals surface area contributed by atoms with E-state index in [1.54, 1.807) is 24.3 Å². The molecule has 0 radical (unpaired) electrons. The number of benzene rings is 3. The van der Waals surface area contributed by atoms with Crippen LogP contribution in [0.3, 0.4) is 0 Å². The minimum absolute atomic E-state index is 0.0891. The van der Waals surface area contributed by atoms with Crippen LogP contribution in [0.2, 0.25) is 0 Å². The van der Waals surface area contributed by atoms with Crippen LogP contribution in [0.1, 0.15) is 45.2 Å². The lowest BCUT2D eigenvalue weighted by atomic mass is 10.1. The summed E-state index contributed by atoms with van der Waals surface area (Å²) in [6.07, 6.45) is 0.340. The quantitative estimate of drug-likeness (QED) is 0.230. The van der Waals surface area contributed by atoms with Gasteiger partial charge < -0.3 is 24.4 Å². The highest BCUT2D eigenvalue weighted by Crippen LogP contribution is 2.33. The number of carbonyl (C=O) groups excluding carboxylic acids is 2. The number of methoxy groups -OCH3 is 2. The molecule has 3 aromatic carbocycles. The van der Waals surface area contributed by atoms with E-state index in [0.717, 1.165) is 15.4 Å². The number of carbonyl (C=O) groups is 2. The molecule has 10 nitrogen and oxygen atoms in total. The van der Waals surface area contributed by atoms with Crippen LogP contribution >= 0.6 is 0 Å². The summed E-state index contributed by atoms with van der Waals surface area (Å²) in [5.41, 5.74) is 2.09. The second-order valence-electron chi connectivity index (χ2n) is 11.0. The summed E-state index contributed by atoms with van der Waals surface area (Å²) in [6.45, 7) is 10.1. The number of ether oxygens (including phenoxy) is 3. The van der Waals surface area contributed by atoms with Crippen molar-refractivity contribution in [3.63, 3.8) is 0 Å². The predicted molar refractivity (Wildman–Crippen MR) is 175 cm³/mol. The van der Waals surface area contributed by atoms with Crippen molar-refractivity contribution in [1.29, 1.82) is 0 Å². The van der Waals surface area contributed by atoms with Crippen molar-refractivity contribution >= 4 is 27.5 Å². The van der Waals surface area contributed by atoms with E-state index in [1.807, 2.05) is 58.9 Å². The molecule has 0 aliphatic carbocycles. The van der Waals surface area contributed by atoms with Gasteiger partial charge in [0.2, 0.25) is 11.8 Å². The Kier molecular flexibility index (Phi) is 12.7. The van der Waals surface area contributed by atoms with E-state index in [1.165, 1.54) is 37.3 Å². The number of amides is 2. The Labute approximate surface area is 267 Å². The first-order valence-electron chi connectivity index (χ1n) is 15.0. The molecule has 0 aromatic heterocycles. The van der Waals surface area contributed by atoms with E-state index >= 15 is 0 Å². The summed E-state index contributed by atoms with van der Waals surface area (Å²) in [5, 5.41) is 2.94. The fourth-order valence-electron chi connectivity index (χ4n) is 4.86. The summed E-state index contributed by atoms with van der Waals surface area (Å²) < 4.78 is 45.8. The molecule has 1 unspecified atom stereocenters. The third-order valence-electron chi connectivity index (χ3n) is 7.16. The Morgan fingerprint density at radius 3 is 2.18 bits per heavy atom. The van der Waals surface area contributed by atoms with Crippen molar-refractivity contribution in [3.05, 3.63) is 77.9 Å². The summed E-state index contributed by atoms with van der Waals surface area (Å²) in [6, 6.07) is 17.6. The molecule has 3 aromatic rings. The molecular weight excluding hydrogens is 594 g/mol. The highest BCUT2D eigenvalue weighted by atomic mass is 32.2. The topological polar surface area (TPSA) is 114 Å². The summed E-state index contributed by atoms with van der Waals surface area (Å²) in [7, 11) is -1.43. The van der Waals surface area contributed by atoms with Crippen molar-refractivity contribution in [2.45, 2.75) is 58.5 Å². The van der Waals surface area contributed by atoms with Crippen LogP contribution in [-0.4, -0.2) is 65.1 Å². The van der Waals surface area contributed by atoms with E-state index in [0.29, 0.717) is 31.1 Å². The largest absolute Gasteiger partial charge is 0.494 e. The minimum Gasteiger partial charge on any atom is -0.494 e. The number of anilines is 1. The van der Waals surface area contributed by atoms with Crippen LogP contribution in [0.15, 0.2) is 71.6 Å². The normalized spacial score (nSPS) is 11.9. The maximum Gasteiger partial charge on any atom is 0.264 e. The zero-order valence-electron chi connectivity index (χ0n) is 27.2. The van der Waals surface area contributed by atoms with Crippen molar-refractivity contribution in [1.82, 2.24) is 10.2 Å². The standard InChI is InChI=1S/C34H45N3O7S/c1-8-30(34(39)35-21-24(3)4)36(22-26-12-10-11-25(5)19-26)33(38)23-37(27-13-15-28(16-14-27)44-9-2)45(40,41)29-17-18-31(42-6)32(20-29)43-7/h10-20,24,30H,8-9,21-23H2,1-7H3,(H,35,39). The van der Waals surface area contributed by atoms with E-state index in [2.05, 4.69) is 5.32 Å². The van der Waals surface area contributed by atoms with Crippen LogP contribution in [0.4, 0.5) is 5.69 Å². The number of nitrogens with zero attached hydrogens (tertiary/aromatic N) is 2. The summed E-state index contributed by atoms with van der Waals surface area (Å²) in [5.74, 6) is 0.552. The first-order chi connectivity index (χ1) is 21.4. The molecule has 0 saturated heterocycles. The molecule has 0 aliphatic heterocycles. The second kappa shape index (κ2) is 16.2. The van der Waals surface area contributed by atoms with Gasteiger partial charge in [0.05, 0.1) is 31.4 Å². The van der Waals surface area contributed by atoms with Gasteiger partial charge in [-0.3, -0.25) is 13.9 Å². The molecular formula is C34H45N3O7S. The molecule has 2 amide bonds. The van der Waals surface area contributed by atoms with E-state index in [9.17, 15) is 18.0 Å². The zero-order chi connectivity index (χ0) is 33.1. The SMILES string of the molecule is CCOc1ccc(N(CC(=O)N(Cc2cccc(C)c2)C(CC)C(=O)NCC(C)C)S(=O)(=O)c2ccc(OC)c(OC)c2)cc1. The van der Waals surface area contributed by atoms with Gasteiger partial charge in [-0.25, -0.2) is 8.42 Å². The Hall–Kier alpha value is -4.25. The van der Waals surface area contributed by atoms with Crippen LogP contribution in [0, 0.1) is 12.8 Å². The molecule has 3 rings (SSSR count). The summed E-state index contributed by atoms with van der Waals surface area (Å²) in [4.78, 5) is 29.1. The minimum atomic E-state index is -4.31. The average molecular weight is 640 g/mol. The number of aryl methyl sites for hydroxylation is 1. The molecule has 1 atom stereocenters. The third-order valence-corrected chi connectivity index (χ3v) is 8.93. The Morgan fingerprint density at radius 1 is 0.911 bits per heavy atom. The molecule has 11 heteroatoms. The van der Waals surface area contributed by atoms with Gasteiger partial charge in [0, 0.05) is 19.2 Å². The molecule has 0 heterocycles. The van der Waals surface area contributed by atoms with Crippen LogP contribution < -0.4 is 23.8 Å². The van der Waals surface area contributed by atoms with Gasteiger partial charge in [-0.1, -0.05) is 50.6 Å². The molecule has 0 spiro atoms. The third kappa shape index (κ3) is 9.13. The maximum atomic E-state index is 14.3. The zero-order valence-corrected chi connectivity index (χ0v) is 28.0. The Balaban J connectivity index is 2.10. The van der Waals surface area contributed by atoms with Gasteiger partial charge >= 0.3 is 0 Å². The Morgan fingerprint density at radius 2 is 1.60 bits per heavy atom. The molecule has 0 fully saturated rings. The monoisotopic (exact) mass is 639 g/mol. The summed E-state index contributed by atoms with van der Waals surface area (Å²) >= 11 is 0. The van der Waals surface area contributed by atoms with E-state index < -0.39 is 28.5 Å². The lowest BCUT2D eigenvalue weighted by Crippen LogP contribution is -2.52. The highest BCUT2D eigenvalue weighted by Gasteiger charge is 2.34. The maximum absolute atomic E-state index is 14.3. The van der Waals surface area contributed by atoms with Gasteiger partial charge in [0.15, 0.2) is 11.5 Å². The molecule has 0 bridgehead atoms. The van der Waals surface area contributed by atoms with Crippen LogP contribution in [0.5, 0.6) is 17.2 Å². The van der Waals surface area contributed by atoms with E-state index in [4.69, 9.17) is 14.2 Å². The molecule has 0 saturated carbocycles. The van der Waals surface area contributed by atoms with Crippen LogP contribution in [0.25, 0.3) is 0 Å². The van der Waals surface area contributed by atoms with E-state index in [-0.39, 0.29) is 34.7 Å². The van der Waals surface area contributed by atoms with Gasteiger partial charge in [0.25, 0.3) is 10.0 Å². The van der Waals surface area contributed by atoms with Gasteiger partial charge in [-0.05, 0) is 68.1 Å². The fraction of sp³-hybridized carbons (Fsp3) is 0.412. The first kappa shape index (κ1) is 35.2.